The minimum Gasteiger partial charge on any atom is -0.483 e. The van der Waals surface area contributed by atoms with Crippen LogP contribution in [0.25, 0.3) is 5.57 Å². The van der Waals surface area contributed by atoms with Crippen molar-refractivity contribution < 1.29 is 23.0 Å². The van der Waals surface area contributed by atoms with Gasteiger partial charge in [0.2, 0.25) is 0 Å². The summed E-state index contributed by atoms with van der Waals surface area (Å²) in [6.07, 6.45) is 1.65. The topological polar surface area (TPSA) is 35.5 Å². The SMILES string of the molecule is COC(=O)c1ccc2c(c1)C(c1c(F)cccc1F)=CC(C)(C)O2. The zero-order valence-electron chi connectivity index (χ0n) is 13.5. The Labute approximate surface area is 138 Å². The van der Waals surface area contributed by atoms with Crippen LogP contribution in [0.1, 0.15) is 35.3 Å². The van der Waals surface area contributed by atoms with Crippen molar-refractivity contribution in [2.45, 2.75) is 19.4 Å². The van der Waals surface area contributed by atoms with Gasteiger partial charge in [-0.05, 0) is 55.8 Å². The van der Waals surface area contributed by atoms with Crippen LogP contribution in [0.4, 0.5) is 8.78 Å². The average molecular weight is 330 g/mol. The number of esters is 1. The van der Waals surface area contributed by atoms with E-state index in [1.54, 1.807) is 32.1 Å². The van der Waals surface area contributed by atoms with E-state index in [2.05, 4.69) is 0 Å². The molecule has 1 aliphatic rings. The number of ether oxygens (including phenoxy) is 2. The predicted molar refractivity (Wildman–Crippen MR) is 85.9 cm³/mol. The molecule has 0 saturated carbocycles. The number of methoxy groups -OCH3 is 1. The van der Waals surface area contributed by atoms with Gasteiger partial charge in [0.1, 0.15) is 23.0 Å². The lowest BCUT2D eigenvalue weighted by Crippen LogP contribution is -2.29. The molecule has 24 heavy (non-hydrogen) atoms. The van der Waals surface area contributed by atoms with Crippen molar-refractivity contribution in [3.8, 4) is 5.75 Å². The molecule has 0 aromatic heterocycles. The van der Waals surface area contributed by atoms with Crippen LogP contribution in [-0.2, 0) is 4.74 Å². The third-order valence-electron chi connectivity index (χ3n) is 3.79. The first-order valence-corrected chi connectivity index (χ1v) is 7.41. The molecule has 0 bridgehead atoms. The van der Waals surface area contributed by atoms with Crippen molar-refractivity contribution in [2.24, 2.45) is 0 Å². The summed E-state index contributed by atoms with van der Waals surface area (Å²) < 4.78 is 39.1. The van der Waals surface area contributed by atoms with Gasteiger partial charge >= 0.3 is 5.97 Å². The van der Waals surface area contributed by atoms with Crippen LogP contribution in [0.2, 0.25) is 0 Å². The van der Waals surface area contributed by atoms with E-state index in [0.717, 1.165) is 0 Å². The molecule has 5 heteroatoms. The second-order valence-corrected chi connectivity index (χ2v) is 6.06. The first kappa shape index (κ1) is 16.2. The smallest absolute Gasteiger partial charge is 0.337 e. The highest BCUT2D eigenvalue weighted by atomic mass is 19.1. The van der Waals surface area contributed by atoms with E-state index in [0.29, 0.717) is 16.9 Å². The molecule has 0 unspecified atom stereocenters. The molecule has 0 spiro atoms. The first-order chi connectivity index (χ1) is 11.3. The Morgan fingerprint density at radius 2 is 1.79 bits per heavy atom. The number of benzene rings is 2. The fraction of sp³-hybridized carbons (Fsp3) is 0.211. The summed E-state index contributed by atoms with van der Waals surface area (Å²) in [6, 6.07) is 8.40. The predicted octanol–water partition coefficient (Wildman–Crippen LogP) is 4.35. The van der Waals surface area contributed by atoms with E-state index in [1.165, 1.54) is 31.4 Å². The third-order valence-corrected chi connectivity index (χ3v) is 3.79. The summed E-state index contributed by atoms with van der Waals surface area (Å²) in [4.78, 5) is 11.8. The van der Waals surface area contributed by atoms with Crippen LogP contribution in [0.15, 0.2) is 42.5 Å². The highest BCUT2D eigenvalue weighted by molar-refractivity contribution is 5.93. The lowest BCUT2D eigenvalue weighted by molar-refractivity contribution is 0.0600. The Kier molecular flexibility index (Phi) is 3.87. The molecule has 3 rings (SSSR count). The van der Waals surface area contributed by atoms with E-state index < -0.39 is 23.2 Å². The van der Waals surface area contributed by atoms with Gasteiger partial charge in [0.15, 0.2) is 0 Å². The summed E-state index contributed by atoms with van der Waals surface area (Å²) in [7, 11) is 1.27. The van der Waals surface area contributed by atoms with Crippen LogP contribution in [-0.4, -0.2) is 18.7 Å². The molecule has 1 heterocycles. The first-order valence-electron chi connectivity index (χ1n) is 7.41. The van der Waals surface area contributed by atoms with Gasteiger partial charge in [-0.15, -0.1) is 0 Å². The molecule has 0 fully saturated rings. The van der Waals surface area contributed by atoms with Crippen molar-refractivity contribution in [2.75, 3.05) is 7.11 Å². The molecule has 2 aromatic carbocycles. The lowest BCUT2D eigenvalue weighted by atomic mass is 9.88. The van der Waals surface area contributed by atoms with Crippen LogP contribution >= 0.6 is 0 Å². The number of carbonyl (C=O) groups excluding carboxylic acids is 1. The molecular weight excluding hydrogens is 314 g/mol. The number of hydrogen-bond donors (Lipinski definition) is 0. The van der Waals surface area contributed by atoms with Crippen LogP contribution in [0, 0.1) is 11.6 Å². The summed E-state index contributed by atoms with van der Waals surface area (Å²) in [5.41, 5.74) is 0.187. The fourth-order valence-corrected chi connectivity index (χ4v) is 2.77. The summed E-state index contributed by atoms with van der Waals surface area (Å²) >= 11 is 0. The van der Waals surface area contributed by atoms with E-state index >= 15 is 0 Å². The van der Waals surface area contributed by atoms with Gasteiger partial charge in [-0.1, -0.05) is 6.07 Å². The molecule has 124 valence electrons. The molecule has 0 atom stereocenters. The average Bonchev–Trinajstić information content (AvgIpc) is 2.52. The van der Waals surface area contributed by atoms with E-state index in [-0.39, 0.29) is 11.1 Å². The molecule has 0 aliphatic carbocycles. The maximum Gasteiger partial charge on any atom is 0.337 e. The lowest BCUT2D eigenvalue weighted by Gasteiger charge is -2.31. The summed E-state index contributed by atoms with van der Waals surface area (Å²) in [5, 5.41) is 0. The molecular formula is C19H16F2O3. The van der Waals surface area contributed by atoms with E-state index in [4.69, 9.17) is 9.47 Å². The Hall–Kier alpha value is -2.69. The quantitative estimate of drug-likeness (QED) is 0.768. The van der Waals surface area contributed by atoms with Gasteiger partial charge < -0.3 is 9.47 Å². The zero-order chi connectivity index (χ0) is 17.5. The van der Waals surface area contributed by atoms with Gasteiger partial charge in [0, 0.05) is 5.56 Å². The van der Waals surface area contributed by atoms with Gasteiger partial charge in [-0.2, -0.15) is 0 Å². The maximum atomic E-state index is 14.3. The largest absolute Gasteiger partial charge is 0.483 e. The molecule has 1 aliphatic heterocycles. The Bertz CT molecular complexity index is 833. The number of rotatable bonds is 2. The fourth-order valence-electron chi connectivity index (χ4n) is 2.77. The molecule has 2 aromatic rings. The van der Waals surface area contributed by atoms with Crippen LogP contribution < -0.4 is 4.74 Å². The molecule has 0 saturated heterocycles. The summed E-state index contributed by atoms with van der Waals surface area (Å²) in [6.45, 7) is 3.59. The summed E-state index contributed by atoms with van der Waals surface area (Å²) in [5.74, 6) is -1.43. The van der Waals surface area contributed by atoms with Gasteiger partial charge in [-0.25, -0.2) is 13.6 Å². The Morgan fingerprint density at radius 1 is 1.12 bits per heavy atom. The third kappa shape index (κ3) is 2.77. The second kappa shape index (κ2) is 5.74. The zero-order valence-corrected chi connectivity index (χ0v) is 13.5. The monoisotopic (exact) mass is 330 g/mol. The molecule has 3 nitrogen and oxygen atoms in total. The van der Waals surface area contributed by atoms with Crippen molar-refractivity contribution in [1.82, 2.24) is 0 Å². The molecule has 0 amide bonds. The Balaban J connectivity index is 2.26. The van der Waals surface area contributed by atoms with Crippen LogP contribution in [0.3, 0.4) is 0 Å². The maximum absolute atomic E-state index is 14.3. The van der Waals surface area contributed by atoms with Crippen molar-refractivity contribution in [1.29, 1.82) is 0 Å². The van der Waals surface area contributed by atoms with Crippen LogP contribution in [0.5, 0.6) is 5.75 Å². The molecule has 0 radical (unpaired) electrons. The minimum atomic E-state index is -0.746. The van der Waals surface area contributed by atoms with Gasteiger partial charge in [0.25, 0.3) is 0 Å². The van der Waals surface area contributed by atoms with Crippen molar-refractivity contribution >= 4 is 11.5 Å². The van der Waals surface area contributed by atoms with Crippen molar-refractivity contribution in [3.05, 3.63) is 70.8 Å². The van der Waals surface area contributed by atoms with Gasteiger partial charge in [-0.3, -0.25) is 0 Å². The second-order valence-electron chi connectivity index (χ2n) is 6.06. The minimum absolute atomic E-state index is 0.142. The van der Waals surface area contributed by atoms with Gasteiger partial charge in [0.05, 0.1) is 18.2 Å². The van der Waals surface area contributed by atoms with E-state index in [1.807, 2.05) is 0 Å². The van der Waals surface area contributed by atoms with Crippen molar-refractivity contribution in [3.63, 3.8) is 0 Å². The highest BCUT2D eigenvalue weighted by Gasteiger charge is 2.30. The number of fused-ring (bicyclic) bond motifs is 1. The standard InChI is InChI=1S/C19H16F2O3/c1-19(2)10-13(17-14(20)5-4-6-15(17)21)12-9-11(18(22)23-3)7-8-16(12)24-19/h4-10H,1-3H3. The van der Waals surface area contributed by atoms with E-state index in [9.17, 15) is 13.6 Å². The number of halogens is 2. The highest BCUT2D eigenvalue weighted by Crippen LogP contribution is 2.41. The normalized spacial score (nSPS) is 15.1. The Morgan fingerprint density at radius 3 is 2.42 bits per heavy atom. The molecule has 0 N–H and O–H groups in total. The number of carbonyl (C=O) groups is 1. The number of hydrogen-bond acceptors (Lipinski definition) is 3.